The number of halogens is 2. The summed E-state index contributed by atoms with van der Waals surface area (Å²) in [5, 5.41) is 5.74. The van der Waals surface area contributed by atoms with Crippen LogP contribution in [0.15, 0.2) is 54.7 Å². The number of benzene rings is 1. The van der Waals surface area contributed by atoms with Gasteiger partial charge in [-0.1, -0.05) is 41.4 Å². The number of aromatic nitrogens is 3. The van der Waals surface area contributed by atoms with Gasteiger partial charge in [-0.15, -0.1) is 0 Å². The highest BCUT2D eigenvalue weighted by molar-refractivity contribution is 6.31. The summed E-state index contributed by atoms with van der Waals surface area (Å²) in [6.07, 6.45) is 5.17. The first-order chi connectivity index (χ1) is 15.5. The number of rotatable bonds is 6. The van der Waals surface area contributed by atoms with E-state index in [0.29, 0.717) is 29.8 Å². The monoisotopic (exact) mass is 469 g/mol. The number of carbonyl (C=O) groups excluding carboxylic acids is 1. The van der Waals surface area contributed by atoms with Gasteiger partial charge >= 0.3 is 0 Å². The van der Waals surface area contributed by atoms with Crippen molar-refractivity contribution < 1.29 is 4.79 Å². The zero-order chi connectivity index (χ0) is 22.5. The second-order valence-electron chi connectivity index (χ2n) is 7.83. The summed E-state index contributed by atoms with van der Waals surface area (Å²) in [5.41, 5.74) is 3.65. The molecule has 8 heteroatoms. The Bertz CT molecular complexity index is 1090. The molecule has 1 aliphatic rings. The van der Waals surface area contributed by atoms with E-state index in [4.69, 9.17) is 23.2 Å². The van der Waals surface area contributed by atoms with Crippen molar-refractivity contribution in [2.75, 3.05) is 26.2 Å². The topological polar surface area (TPSA) is 54.3 Å². The summed E-state index contributed by atoms with van der Waals surface area (Å²) in [4.78, 5) is 21.3. The lowest BCUT2D eigenvalue weighted by atomic mass is 10.2. The predicted molar refractivity (Wildman–Crippen MR) is 128 cm³/mol. The molecule has 32 heavy (non-hydrogen) atoms. The molecule has 0 radical (unpaired) electrons. The van der Waals surface area contributed by atoms with E-state index in [1.54, 1.807) is 16.8 Å². The van der Waals surface area contributed by atoms with Crippen LogP contribution in [-0.4, -0.2) is 56.7 Å². The van der Waals surface area contributed by atoms with E-state index in [9.17, 15) is 4.79 Å². The molecule has 0 N–H and O–H groups in total. The Kier molecular flexibility index (Phi) is 7.25. The van der Waals surface area contributed by atoms with Crippen molar-refractivity contribution >= 4 is 35.2 Å². The molecule has 0 aliphatic carbocycles. The zero-order valence-electron chi connectivity index (χ0n) is 17.9. The number of hydrogen-bond acceptors (Lipinski definition) is 4. The molecule has 1 aromatic carbocycles. The number of carbonyl (C=O) groups is 1. The van der Waals surface area contributed by atoms with Gasteiger partial charge in [-0.05, 0) is 42.8 Å². The third-order valence-corrected chi connectivity index (χ3v) is 6.19. The Morgan fingerprint density at radius 2 is 1.78 bits per heavy atom. The molecule has 4 rings (SSSR count). The van der Waals surface area contributed by atoms with Crippen LogP contribution >= 0.6 is 23.2 Å². The van der Waals surface area contributed by atoms with Crippen LogP contribution in [0.3, 0.4) is 0 Å². The van der Waals surface area contributed by atoms with E-state index in [2.05, 4.69) is 15.0 Å². The maximum absolute atomic E-state index is 12.7. The highest BCUT2D eigenvalue weighted by Crippen LogP contribution is 2.23. The van der Waals surface area contributed by atoms with E-state index in [1.807, 2.05) is 60.5 Å². The molecule has 0 saturated carbocycles. The highest BCUT2D eigenvalue weighted by atomic mass is 35.5. The summed E-state index contributed by atoms with van der Waals surface area (Å²) < 4.78 is 1.74. The van der Waals surface area contributed by atoms with Crippen LogP contribution in [-0.2, 0) is 17.9 Å². The fraction of sp³-hybridized carbons (Fsp3) is 0.292. The summed E-state index contributed by atoms with van der Waals surface area (Å²) in [6.45, 7) is 6.28. The van der Waals surface area contributed by atoms with Gasteiger partial charge in [0.25, 0.3) is 0 Å². The second-order valence-corrected chi connectivity index (χ2v) is 8.62. The van der Waals surface area contributed by atoms with Crippen LogP contribution in [0, 0.1) is 6.92 Å². The minimum absolute atomic E-state index is 0.0107. The maximum Gasteiger partial charge on any atom is 0.246 e. The Hall–Kier alpha value is -2.67. The third-order valence-electron chi connectivity index (χ3n) is 5.54. The highest BCUT2D eigenvalue weighted by Gasteiger charge is 2.20. The Labute approximate surface area is 198 Å². The Morgan fingerprint density at radius 1 is 1.03 bits per heavy atom. The van der Waals surface area contributed by atoms with Crippen LogP contribution in [0.5, 0.6) is 0 Å². The summed E-state index contributed by atoms with van der Waals surface area (Å²) in [6, 6.07) is 13.5. The van der Waals surface area contributed by atoms with E-state index >= 15 is 0 Å². The molecule has 0 spiro atoms. The van der Waals surface area contributed by atoms with Gasteiger partial charge in [0.05, 0.1) is 17.9 Å². The minimum Gasteiger partial charge on any atom is -0.337 e. The van der Waals surface area contributed by atoms with Gasteiger partial charge < -0.3 is 4.90 Å². The number of piperazine rings is 1. The van der Waals surface area contributed by atoms with Crippen molar-refractivity contribution in [3.63, 3.8) is 0 Å². The summed E-state index contributed by atoms with van der Waals surface area (Å²) in [7, 11) is 0. The summed E-state index contributed by atoms with van der Waals surface area (Å²) in [5.74, 6) is -0.0107. The standard InChI is InChI=1S/C24H25Cl2N5O/c1-18-22(24(26)31(28-18)16-19-5-7-20(25)8-6-19)9-10-23(32)30-14-12-29(13-15-30)17-21-4-2-3-11-27-21/h2-11H,12-17H2,1H3/b10-9+. The van der Waals surface area contributed by atoms with Crippen LogP contribution in [0.1, 0.15) is 22.5 Å². The number of hydrogen-bond donors (Lipinski definition) is 0. The number of nitrogens with zero attached hydrogens (tertiary/aromatic N) is 5. The van der Waals surface area contributed by atoms with Gasteiger partial charge in [0, 0.05) is 55.6 Å². The number of amides is 1. The predicted octanol–water partition coefficient (Wildman–Crippen LogP) is 4.30. The fourth-order valence-electron chi connectivity index (χ4n) is 3.73. The second kappa shape index (κ2) is 10.3. The van der Waals surface area contributed by atoms with Gasteiger partial charge in [0.15, 0.2) is 0 Å². The Morgan fingerprint density at radius 3 is 2.47 bits per heavy atom. The van der Waals surface area contributed by atoms with Crippen LogP contribution in [0.25, 0.3) is 6.08 Å². The largest absolute Gasteiger partial charge is 0.337 e. The molecule has 1 saturated heterocycles. The minimum atomic E-state index is -0.0107. The first kappa shape index (κ1) is 22.5. The molecule has 3 heterocycles. The Balaban J connectivity index is 1.34. The molecule has 6 nitrogen and oxygen atoms in total. The van der Waals surface area contributed by atoms with Crippen molar-refractivity contribution in [1.82, 2.24) is 24.6 Å². The molecule has 0 bridgehead atoms. The zero-order valence-corrected chi connectivity index (χ0v) is 19.4. The van der Waals surface area contributed by atoms with Gasteiger partial charge in [-0.2, -0.15) is 5.10 Å². The lowest BCUT2D eigenvalue weighted by Gasteiger charge is -2.34. The summed E-state index contributed by atoms with van der Waals surface area (Å²) >= 11 is 12.5. The van der Waals surface area contributed by atoms with Crippen LogP contribution in [0.2, 0.25) is 10.2 Å². The average molecular weight is 470 g/mol. The first-order valence-corrected chi connectivity index (χ1v) is 11.3. The average Bonchev–Trinajstić information content (AvgIpc) is 3.07. The SMILES string of the molecule is Cc1nn(Cc2ccc(Cl)cc2)c(Cl)c1/C=C/C(=O)N1CCN(Cc2ccccn2)CC1. The maximum atomic E-state index is 12.7. The smallest absolute Gasteiger partial charge is 0.246 e. The normalized spacial score (nSPS) is 14.9. The molecule has 1 amide bonds. The molecule has 0 unspecified atom stereocenters. The number of aryl methyl sites for hydroxylation is 1. The molecule has 1 aliphatic heterocycles. The lowest BCUT2D eigenvalue weighted by molar-refractivity contribution is -0.127. The molecule has 3 aromatic rings. The van der Waals surface area contributed by atoms with Gasteiger partial charge in [-0.25, -0.2) is 4.68 Å². The van der Waals surface area contributed by atoms with Crippen molar-refractivity contribution in [3.8, 4) is 0 Å². The number of pyridine rings is 1. The van der Waals surface area contributed by atoms with Crippen molar-refractivity contribution in [1.29, 1.82) is 0 Å². The lowest BCUT2D eigenvalue weighted by Crippen LogP contribution is -2.47. The van der Waals surface area contributed by atoms with Crippen molar-refractivity contribution in [2.24, 2.45) is 0 Å². The van der Waals surface area contributed by atoms with Crippen molar-refractivity contribution in [3.05, 3.63) is 87.4 Å². The van der Waals surface area contributed by atoms with E-state index in [0.717, 1.165) is 42.1 Å². The third kappa shape index (κ3) is 5.57. The molecule has 166 valence electrons. The van der Waals surface area contributed by atoms with Gasteiger partial charge in [0.2, 0.25) is 5.91 Å². The molecular formula is C24H25Cl2N5O. The molecule has 2 aromatic heterocycles. The fourth-order valence-corrected chi connectivity index (χ4v) is 4.15. The molecule has 0 atom stereocenters. The van der Waals surface area contributed by atoms with Crippen LogP contribution < -0.4 is 0 Å². The van der Waals surface area contributed by atoms with E-state index < -0.39 is 0 Å². The van der Waals surface area contributed by atoms with Gasteiger partial charge in [0.1, 0.15) is 5.15 Å². The molecule has 1 fully saturated rings. The molecular weight excluding hydrogens is 445 g/mol. The van der Waals surface area contributed by atoms with Crippen molar-refractivity contribution in [2.45, 2.75) is 20.0 Å². The van der Waals surface area contributed by atoms with Gasteiger partial charge in [-0.3, -0.25) is 14.7 Å². The van der Waals surface area contributed by atoms with E-state index in [1.165, 1.54) is 0 Å². The quantitative estimate of drug-likeness (QED) is 0.505. The van der Waals surface area contributed by atoms with Crippen LogP contribution in [0.4, 0.5) is 0 Å². The van der Waals surface area contributed by atoms with E-state index in [-0.39, 0.29) is 5.91 Å². The first-order valence-electron chi connectivity index (χ1n) is 10.6.